The predicted molar refractivity (Wildman–Crippen MR) is 300 cm³/mol. The number of aromatic nitrogens is 1. The number of hydrogen-bond donors (Lipinski definition) is 0. The number of benzene rings is 7. The zero-order valence-electron chi connectivity index (χ0n) is 43.6. The first-order valence-corrected chi connectivity index (χ1v) is 25.0. The molecule has 356 valence electrons. The molecule has 2 aliphatic heterocycles. The van der Waals surface area contributed by atoms with Gasteiger partial charge < -0.3 is 14.7 Å². The molecule has 0 fully saturated rings. The van der Waals surface area contributed by atoms with E-state index in [-0.39, 0.29) is 21.7 Å². The smallest absolute Gasteiger partial charge is 0.137 e. The molecule has 6 heteroatoms. The van der Waals surface area contributed by atoms with Crippen molar-refractivity contribution in [2.45, 2.75) is 105 Å². The van der Waals surface area contributed by atoms with Gasteiger partial charge in [-0.3, -0.25) is 4.90 Å². The lowest BCUT2D eigenvalue weighted by Gasteiger charge is -2.32. The molecule has 10 rings (SSSR count). The van der Waals surface area contributed by atoms with Crippen molar-refractivity contribution in [2.24, 2.45) is 0 Å². The second-order valence-corrected chi connectivity index (χ2v) is 23.5. The topological polar surface area (TPSA) is 49.6 Å². The summed E-state index contributed by atoms with van der Waals surface area (Å²) in [4.78, 5) is 14.9. The number of hydrogen-bond acceptors (Lipinski definition) is 6. The fraction of sp³-hybridized carbons (Fsp3) is 0.262. The van der Waals surface area contributed by atoms with Gasteiger partial charge in [-0.25, -0.2) is 4.98 Å². The Balaban J connectivity index is 1.18. The highest BCUT2D eigenvalue weighted by molar-refractivity contribution is 6.03. The van der Waals surface area contributed by atoms with Gasteiger partial charge in [0.05, 0.1) is 34.4 Å². The highest BCUT2D eigenvalue weighted by Crippen LogP contribution is 2.54. The second-order valence-electron chi connectivity index (χ2n) is 23.5. The summed E-state index contributed by atoms with van der Waals surface area (Å²) in [6.45, 7) is 28.2. The number of anilines is 10. The van der Waals surface area contributed by atoms with Gasteiger partial charge in [-0.15, -0.1) is 0 Å². The van der Waals surface area contributed by atoms with Crippen molar-refractivity contribution in [3.05, 3.63) is 198 Å². The highest BCUT2D eigenvalue weighted by Gasteiger charge is 2.33. The van der Waals surface area contributed by atoms with E-state index in [1.54, 1.807) is 0 Å². The Morgan fingerprint density at radius 1 is 0.423 bits per heavy atom. The molecule has 0 saturated carbocycles. The molecule has 3 heterocycles. The van der Waals surface area contributed by atoms with Crippen molar-refractivity contribution >= 4 is 57.0 Å². The van der Waals surface area contributed by atoms with Crippen LogP contribution in [0.25, 0.3) is 22.3 Å². The first kappa shape index (κ1) is 47.1. The maximum Gasteiger partial charge on any atom is 0.137 e. The predicted octanol–water partition coefficient (Wildman–Crippen LogP) is 18.0. The Bertz CT molecular complexity index is 3340. The van der Waals surface area contributed by atoms with Crippen LogP contribution in [-0.2, 0) is 21.7 Å². The molecule has 0 bridgehead atoms. The average Bonchev–Trinajstić information content (AvgIpc) is 3.68. The number of fused-ring (bicyclic) bond motifs is 6. The van der Waals surface area contributed by atoms with Crippen molar-refractivity contribution in [3.8, 4) is 28.3 Å². The van der Waals surface area contributed by atoms with Gasteiger partial charge in [0.1, 0.15) is 12.5 Å². The van der Waals surface area contributed by atoms with E-state index in [1.807, 2.05) is 18.3 Å². The van der Waals surface area contributed by atoms with Crippen LogP contribution in [0.4, 0.5) is 57.0 Å². The standard InChI is InChI=1S/C65H66N6/c1-62(2,3)44-30-31-67-61(38-44)71-57-23-17-16-22-54(57)56-32-43(41-66)26-28-53(56)55-29-27-49(40-60(55)71)70(48-20-14-13-15-21-48)52-37-47(65(10,11)12)36-51(39-52)69-42-68(58-24-18-19-25-59(58)69)50-34-45(63(4,5)6)33-46(35-50)64(7,8)9/h13-40H,42H2,1-12H3. The van der Waals surface area contributed by atoms with E-state index in [0.29, 0.717) is 12.2 Å². The normalized spacial score (nSPS) is 13.5. The van der Waals surface area contributed by atoms with Crippen LogP contribution in [0.3, 0.4) is 0 Å². The number of pyridine rings is 1. The molecule has 8 aromatic rings. The van der Waals surface area contributed by atoms with Gasteiger partial charge in [-0.05, 0) is 152 Å². The monoisotopic (exact) mass is 931 g/mol. The van der Waals surface area contributed by atoms with E-state index in [1.165, 1.54) is 39.3 Å². The maximum absolute atomic E-state index is 10.2. The molecule has 2 aliphatic rings. The summed E-state index contributed by atoms with van der Waals surface area (Å²) in [7, 11) is 0. The van der Waals surface area contributed by atoms with Gasteiger partial charge >= 0.3 is 0 Å². The van der Waals surface area contributed by atoms with Gasteiger partial charge in [-0.1, -0.05) is 150 Å². The summed E-state index contributed by atoms with van der Waals surface area (Å²) >= 11 is 0. The maximum atomic E-state index is 10.2. The molecule has 0 amide bonds. The highest BCUT2D eigenvalue weighted by atomic mass is 15.4. The van der Waals surface area contributed by atoms with E-state index in [9.17, 15) is 5.26 Å². The molecule has 1 aromatic heterocycles. The lowest BCUT2D eigenvalue weighted by molar-refractivity contribution is 0.568. The van der Waals surface area contributed by atoms with Crippen molar-refractivity contribution in [1.82, 2.24) is 4.98 Å². The van der Waals surface area contributed by atoms with Crippen LogP contribution >= 0.6 is 0 Å². The van der Waals surface area contributed by atoms with Crippen molar-refractivity contribution in [1.29, 1.82) is 5.26 Å². The van der Waals surface area contributed by atoms with Gasteiger partial charge in [0.25, 0.3) is 0 Å². The lowest BCUT2D eigenvalue weighted by Crippen LogP contribution is -2.26. The Morgan fingerprint density at radius 3 is 1.56 bits per heavy atom. The molecular formula is C65H66N6. The Kier molecular flexibility index (Phi) is 11.5. The van der Waals surface area contributed by atoms with Gasteiger partial charge in [-0.2, -0.15) is 5.26 Å². The summed E-state index contributed by atoms with van der Waals surface area (Å²) < 4.78 is 0. The lowest BCUT2D eigenvalue weighted by atomic mass is 9.80. The molecule has 71 heavy (non-hydrogen) atoms. The summed E-state index contributed by atoms with van der Waals surface area (Å²) in [5, 5.41) is 10.2. The molecule has 0 aliphatic carbocycles. The molecule has 6 nitrogen and oxygen atoms in total. The Labute approximate surface area is 422 Å². The summed E-state index contributed by atoms with van der Waals surface area (Å²) in [5.41, 5.74) is 19.4. The van der Waals surface area contributed by atoms with Crippen LogP contribution in [-0.4, -0.2) is 11.7 Å². The zero-order chi connectivity index (χ0) is 50.2. The van der Waals surface area contributed by atoms with E-state index >= 15 is 0 Å². The van der Waals surface area contributed by atoms with E-state index < -0.39 is 0 Å². The molecule has 0 atom stereocenters. The van der Waals surface area contributed by atoms with Crippen LogP contribution < -0.4 is 19.6 Å². The van der Waals surface area contributed by atoms with Crippen molar-refractivity contribution in [2.75, 3.05) is 26.3 Å². The molecule has 0 unspecified atom stereocenters. The van der Waals surface area contributed by atoms with Crippen molar-refractivity contribution in [3.63, 3.8) is 0 Å². The van der Waals surface area contributed by atoms with Crippen LogP contribution in [0.15, 0.2) is 170 Å². The van der Waals surface area contributed by atoms with E-state index in [2.05, 4.69) is 260 Å². The largest absolute Gasteiger partial charge is 0.321 e. The van der Waals surface area contributed by atoms with Crippen LogP contribution in [0, 0.1) is 11.3 Å². The number of para-hydroxylation sites is 4. The Morgan fingerprint density at radius 2 is 0.958 bits per heavy atom. The first-order chi connectivity index (χ1) is 33.7. The molecule has 7 aromatic carbocycles. The van der Waals surface area contributed by atoms with Gasteiger partial charge in [0.2, 0.25) is 0 Å². The SMILES string of the molecule is CC(C)(C)c1cc(N2CN(c3cc(C(C)(C)C)cc(C(C)(C)C)c3)c3ccccc32)cc(N(c2ccccc2)c2ccc3c(c2)N(c2cc(C(C)(C)C)ccn2)c2ccccc2-c2cc(C#N)ccc2-3)c1. The van der Waals surface area contributed by atoms with Crippen LogP contribution in [0.5, 0.6) is 0 Å². The summed E-state index contributed by atoms with van der Waals surface area (Å²) in [6, 6.07) is 62.2. The quantitative estimate of drug-likeness (QED) is 0.166. The van der Waals surface area contributed by atoms with Gasteiger partial charge in [0.15, 0.2) is 0 Å². The minimum absolute atomic E-state index is 0.0146. The van der Waals surface area contributed by atoms with E-state index in [0.717, 1.165) is 62.2 Å². The third-order valence-corrected chi connectivity index (χ3v) is 14.3. The van der Waals surface area contributed by atoms with E-state index in [4.69, 9.17) is 4.98 Å². The van der Waals surface area contributed by atoms with Crippen molar-refractivity contribution < 1.29 is 0 Å². The first-order valence-electron chi connectivity index (χ1n) is 25.0. The number of rotatable bonds is 6. The fourth-order valence-corrected chi connectivity index (χ4v) is 10.0. The minimum Gasteiger partial charge on any atom is -0.321 e. The summed E-state index contributed by atoms with van der Waals surface area (Å²) in [5.74, 6) is 0.833. The Hall–Kier alpha value is -7.62. The molecule has 0 spiro atoms. The fourth-order valence-electron chi connectivity index (χ4n) is 10.0. The number of nitrogens with zero attached hydrogens (tertiary/aromatic N) is 6. The van der Waals surface area contributed by atoms with Crippen LogP contribution in [0.1, 0.15) is 111 Å². The third-order valence-electron chi connectivity index (χ3n) is 14.3. The molecule has 0 saturated heterocycles. The third kappa shape index (κ3) is 8.84. The zero-order valence-corrected chi connectivity index (χ0v) is 43.6. The summed E-state index contributed by atoms with van der Waals surface area (Å²) in [6.07, 6.45) is 1.94. The second kappa shape index (κ2) is 17.4. The molecular weight excluding hydrogens is 865 g/mol. The van der Waals surface area contributed by atoms with Crippen LogP contribution in [0.2, 0.25) is 0 Å². The molecule has 0 radical (unpaired) electrons. The average molecular weight is 931 g/mol. The molecule has 0 N–H and O–H groups in total. The number of nitriles is 1. The minimum atomic E-state index is -0.168. The van der Waals surface area contributed by atoms with Gasteiger partial charge in [0, 0.05) is 45.8 Å².